The summed E-state index contributed by atoms with van der Waals surface area (Å²) < 4.78 is 1.67. The van der Waals surface area contributed by atoms with Crippen molar-refractivity contribution in [2.24, 2.45) is 0 Å². The lowest BCUT2D eigenvalue weighted by Gasteiger charge is -2.33. The quantitative estimate of drug-likeness (QED) is 0.524. The van der Waals surface area contributed by atoms with Crippen LogP contribution in [0.2, 0.25) is 0 Å². The van der Waals surface area contributed by atoms with Gasteiger partial charge in [0.05, 0.1) is 11.2 Å². The molecular weight excluding hydrogens is 378 g/mol. The van der Waals surface area contributed by atoms with Crippen molar-refractivity contribution in [3.05, 3.63) is 67.0 Å². The number of rotatable bonds is 4. The van der Waals surface area contributed by atoms with E-state index in [9.17, 15) is 4.79 Å². The molecule has 8 nitrogen and oxygen atoms in total. The summed E-state index contributed by atoms with van der Waals surface area (Å²) in [6.45, 7) is 1.58. The van der Waals surface area contributed by atoms with Gasteiger partial charge >= 0.3 is 0 Å². The summed E-state index contributed by atoms with van der Waals surface area (Å²) in [5.74, 6) is 0.219. The topological polar surface area (TPSA) is 89.7 Å². The SMILES string of the molecule is O=C(Cn1nnc2ccccc21)N1CCC[C@@H](c2ncncc2-c2ccncc2)C1. The Morgan fingerprint density at radius 2 is 1.97 bits per heavy atom. The van der Waals surface area contributed by atoms with E-state index >= 15 is 0 Å². The standard InChI is InChI=1S/C22H21N7O/c30-21(14-29-20-6-2-1-5-19(20)26-27-29)28-11-3-4-17(13-28)22-18(12-24-15-25-22)16-7-9-23-10-8-16/h1-2,5-10,12,15,17H,3-4,11,13-14H2/t17-/m1/s1. The first-order valence-corrected chi connectivity index (χ1v) is 10.1. The molecule has 0 N–H and O–H groups in total. The van der Waals surface area contributed by atoms with Gasteiger partial charge in [0.1, 0.15) is 18.4 Å². The number of carbonyl (C=O) groups excluding carboxylic acids is 1. The maximum Gasteiger partial charge on any atom is 0.244 e. The summed E-state index contributed by atoms with van der Waals surface area (Å²) in [5, 5.41) is 8.30. The molecular formula is C22H21N7O. The fourth-order valence-electron chi connectivity index (χ4n) is 4.11. The van der Waals surface area contributed by atoms with E-state index in [1.165, 1.54) is 0 Å². The van der Waals surface area contributed by atoms with E-state index in [-0.39, 0.29) is 18.4 Å². The van der Waals surface area contributed by atoms with E-state index in [1.54, 1.807) is 23.4 Å². The van der Waals surface area contributed by atoms with E-state index in [0.29, 0.717) is 6.54 Å². The Kier molecular flexibility index (Phi) is 4.88. The highest BCUT2D eigenvalue weighted by atomic mass is 16.2. The monoisotopic (exact) mass is 399 g/mol. The molecule has 0 saturated carbocycles. The Balaban J connectivity index is 1.36. The largest absolute Gasteiger partial charge is 0.340 e. The number of benzene rings is 1. The molecule has 4 heterocycles. The third-order valence-corrected chi connectivity index (χ3v) is 5.60. The second-order valence-electron chi connectivity index (χ2n) is 7.47. The number of aromatic nitrogens is 6. The summed E-state index contributed by atoms with van der Waals surface area (Å²) in [7, 11) is 0. The van der Waals surface area contributed by atoms with E-state index in [2.05, 4.69) is 25.3 Å². The lowest BCUT2D eigenvalue weighted by Crippen LogP contribution is -2.41. The number of para-hydroxylation sites is 1. The van der Waals surface area contributed by atoms with Crippen LogP contribution in [0.4, 0.5) is 0 Å². The van der Waals surface area contributed by atoms with Crippen LogP contribution < -0.4 is 0 Å². The fourth-order valence-corrected chi connectivity index (χ4v) is 4.11. The van der Waals surface area contributed by atoms with Gasteiger partial charge in [0.25, 0.3) is 0 Å². The number of piperidine rings is 1. The molecule has 0 bridgehead atoms. The molecule has 1 aliphatic heterocycles. The van der Waals surface area contributed by atoms with Gasteiger partial charge in [0.15, 0.2) is 0 Å². The third-order valence-electron chi connectivity index (χ3n) is 5.60. The van der Waals surface area contributed by atoms with Crippen molar-refractivity contribution in [1.29, 1.82) is 0 Å². The van der Waals surface area contributed by atoms with Crippen molar-refractivity contribution in [3.8, 4) is 11.1 Å². The van der Waals surface area contributed by atoms with Crippen LogP contribution >= 0.6 is 0 Å². The van der Waals surface area contributed by atoms with Gasteiger partial charge in [-0.05, 0) is 42.7 Å². The smallest absolute Gasteiger partial charge is 0.244 e. The summed E-state index contributed by atoms with van der Waals surface area (Å²) in [6, 6.07) is 11.6. The normalized spacial score (nSPS) is 16.7. The fraction of sp³-hybridized carbons (Fsp3) is 0.273. The van der Waals surface area contributed by atoms with Crippen molar-refractivity contribution in [2.75, 3.05) is 13.1 Å². The maximum atomic E-state index is 13.0. The molecule has 4 aromatic rings. The Morgan fingerprint density at radius 1 is 1.10 bits per heavy atom. The molecule has 1 atom stereocenters. The zero-order chi connectivity index (χ0) is 20.3. The Bertz CT molecular complexity index is 1170. The Labute approximate surface area is 173 Å². The summed E-state index contributed by atoms with van der Waals surface area (Å²) in [5.41, 5.74) is 4.69. The van der Waals surface area contributed by atoms with Crippen LogP contribution in [-0.4, -0.2) is 53.8 Å². The van der Waals surface area contributed by atoms with Gasteiger partial charge in [-0.1, -0.05) is 17.3 Å². The minimum Gasteiger partial charge on any atom is -0.340 e. The lowest BCUT2D eigenvalue weighted by molar-refractivity contribution is -0.133. The Morgan fingerprint density at radius 3 is 2.87 bits per heavy atom. The molecule has 0 unspecified atom stereocenters. The zero-order valence-corrected chi connectivity index (χ0v) is 16.4. The number of nitrogens with zero attached hydrogens (tertiary/aromatic N) is 7. The number of carbonyl (C=O) groups is 1. The van der Waals surface area contributed by atoms with Crippen molar-refractivity contribution < 1.29 is 4.79 Å². The van der Waals surface area contributed by atoms with Crippen LogP contribution in [0.15, 0.2) is 61.3 Å². The first-order chi connectivity index (χ1) is 14.8. The first kappa shape index (κ1) is 18.4. The second kappa shape index (κ2) is 7.98. The second-order valence-corrected chi connectivity index (χ2v) is 7.47. The van der Waals surface area contributed by atoms with Gasteiger partial charge in [-0.3, -0.25) is 9.78 Å². The molecule has 1 aliphatic rings. The number of amides is 1. The van der Waals surface area contributed by atoms with Crippen molar-refractivity contribution >= 4 is 16.9 Å². The first-order valence-electron chi connectivity index (χ1n) is 10.1. The predicted molar refractivity (Wildman–Crippen MR) is 111 cm³/mol. The van der Waals surface area contributed by atoms with Gasteiger partial charge in [0.2, 0.25) is 5.91 Å². The van der Waals surface area contributed by atoms with Crippen LogP contribution in [-0.2, 0) is 11.3 Å². The molecule has 0 spiro atoms. The van der Waals surface area contributed by atoms with Crippen molar-refractivity contribution in [1.82, 2.24) is 34.8 Å². The van der Waals surface area contributed by atoms with Crippen LogP contribution in [0.3, 0.4) is 0 Å². The molecule has 150 valence electrons. The Hall–Kier alpha value is -3.68. The average Bonchev–Trinajstić information content (AvgIpc) is 3.22. The van der Waals surface area contributed by atoms with Crippen LogP contribution in [0.25, 0.3) is 22.2 Å². The summed E-state index contributed by atoms with van der Waals surface area (Å²) in [4.78, 5) is 27.9. The highest BCUT2D eigenvalue weighted by Crippen LogP contribution is 2.32. The zero-order valence-electron chi connectivity index (χ0n) is 16.4. The number of likely N-dealkylation sites (tertiary alicyclic amines) is 1. The van der Waals surface area contributed by atoms with E-state index < -0.39 is 0 Å². The highest BCUT2D eigenvalue weighted by molar-refractivity contribution is 5.80. The predicted octanol–water partition coefficient (Wildman–Crippen LogP) is 2.69. The van der Waals surface area contributed by atoms with Gasteiger partial charge in [0, 0.05) is 43.2 Å². The molecule has 1 aromatic carbocycles. The van der Waals surface area contributed by atoms with Gasteiger partial charge in [-0.25, -0.2) is 14.6 Å². The maximum absolute atomic E-state index is 13.0. The molecule has 8 heteroatoms. The molecule has 3 aromatic heterocycles. The minimum absolute atomic E-state index is 0.0508. The summed E-state index contributed by atoms with van der Waals surface area (Å²) >= 11 is 0. The number of hydrogen-bond donors (Lipinski definition) is 0. The highest BCUT2D eigenvalue weighted by Gasteiger charge is 2.28. The summed E-state index contributed by atoms with van der Waals surface area (Å²) in [6.07, 6.45) is 8.90. The van der Waals surface area contributed by atoms with Gasteiger partial charge < -0.3 is 4.90 Å². The lowest BCUT2D eigenvalue weighted by atomic mass is 9.90. The number of pyridine rings is 1. The molecule has 1 fully saturated rings. The number of hydrogen-bond acceptors (Lipinski definition) is 6. The van der Waals surface area contributed by atoms with E-state index in [1.807, 2.05) is 47.5 Å². The van der Waals surface area contributed by atoms with E-state index in [4.69, 9.17) is 0 Å². The molecule has 30 heavy (non-hydrogen) atoms. The van der Waals surface area contributed by atoms with Crippen molar-refractivity contribution in [2.45, 2.75) is 25.3 Å². The van der Waals surface area contributed by atoms with Crippen LogP contribution in [0.1, 0.15) is 24.5 Å². The molecule has 1 amide bonds. The van der Waals surface area contributed by atoms with Crippen molar-refractivity contribution in [3.63, 3.8) is 0 Å². The molecule has 0 radical (unpaired) electrons. The molecule has 1 saturated heterocycles. The van der Waals surface area contributed by atoms with E-state index in [0.717, 1.165) is 47.2 Å². The molecule has 0 aliphatic carbocycles. The van der Waals surface area contributed by atoms with Gasteiger partial charge in [-0.15, -0.1) is 5.10 Å². The van der Waals surface area contributed by atoms with Crippen LogP contribution in [0.5, 0.6) is 0 Å². The third kappa shape index (κ3) is 3.52. The molecule has 5 rings (SSSR count). The van der Waals surface area contributed by atoms with Gasteiger partial charge in [-0.2, -0.15) is 0 Å². The van der Waals surface area contributed by atoms with Crippen LogP contribution in [0, 0.1) is 0 Å². The number of fused-ring (bicyclic) bond motifs is 1. The average molecular weight is 399 g/mol. The minimum atomic E-state index is 0.0508.